The molecule has 0 aromatic heterocycles. The molecule has 0 aliphatic heterocycles. The van der Waals surface area contributed by atoms with Crippen LogP contribution in [0.15, 0.2) is 18.2 Å². The summed E-state index contributed by atoms with van der Waals surface area (Å²) in [5.74, 6) is -0.0711. The van der Waals surface area contributed by atoms with Gasteiger partial charge in [0.05, 0.1) is 19.5 Å². The maximum absolute atomic E-state index is 12.3. The van der Waals surface area contributed by atoms with Crippen LogP contribution < -0.4 is 9.47 Å². The van der Waals surface area contributed by atoms with E-state index in [4.69, 9.17) is 14.6 Å². The number of hydrogen-bond donors (Lipinski definition) is 1. The molecule has 1 atom stereocenters. The average Bonchev–Trinajstić information content (AvgIpc) is 2.51. The summed E-state index contributed by atoms with van der Waals surface area (Å²) in [7, 11) is 3.07. The molecule has 0 heterocycles. The Morgan fingerprint density at radius 2 is 1.77 bits per heavy atom. The molecule has 0 saturated heterocycles. The molecule has 1 N–H and O–H groups in total. The molecule has 0 spiro atoms. The van der Waals surface area contributed by atoms with Crippen LogP contribution in [0, 0.1) is 0 Å². The Hall–Kier alpha value is -1.89. The minimum absolute atomic E-state index is 0.184. The number of nitrogens with zero attached hydrogens (tertiary/aromatic N) is 1. The van der Waals surface area contributed by atoms with Crippen molar-refractivity contribution in [3.8, 4) is 11.5 Å². The van der Waals surface area contributed by atoms with Crippen LogP contribution in [0.4, 0.5) is 0 Å². The number of thioether (sulfide) groups is 1. The first-order valence-electron chi connectivity index (χ1n) is 6.66. The second kappa shape index (κ2) is 8.53. The number of carbonyl (C=O) groups is 2. The van der Waals surface area contributed by atoms with Gasteiger partial charge in [-0.1, -0.05) is 0 Å². The Bertz CT molecular complexity index is 512. The highest BCUT2D eigenvalue weighted by atomic mass is 32.2. The average molecular weight is 327 g/mol. The summed E-state index contributed by atoms with van der Waals surface area (Å²) in [6.07, 6.45) is 1.82. The number of ether oxygens (including phenoxy) is 2. The zero-order valence-corrected chi connectivity index (χ0v) is 14.0. The van der Waals surface area contributed by atoms with Crippen LogP contribution in [0.1, 0.15) is 12.5 Å². The molecule has 7 heteroatoms. The highest BCUT2D eigenvalue weighted by molar-refractivity contribution is 7.99. The third-order valence-electron chi connectivity index (χ3n) is 3.12. The normalized spacial score (nSPS) is 11.6. The first-order valence-corrected chi connectivity index (χ1v) is 7.95. The van der Waals surface area contributed by atoms with E-state index in [9.17, 15) is 9.59 Å². The van der Waals surface area contributed by atoms with Gasteiger partial charge < -0.3 is 19.5 Å². The van der Waals surface area contributed by atoms with Crippen molar-refractivity contribution >= 4 is 23.6 Å². The molecule has 6 nitrogen and oxygen atoms in total. The zero-order valence-electron chi connectivity index (χ0n) is 13.2. The molecule has 22 heavy (non-hydrogen) atoms. The quantitative estimate of drug-likeness (QED) is 0.785. The molecule has 0 radical (unpaired) electrons. The molecule has 0 aliphatic rings. The topological polar surface area (TPSA) is 76.1 Å². The maximum atomic E-state index is 12.3. The van der Waals surface area contributed by atoms with E-state index < -0.39 is 5.97 Å². The van der Waals surface area contributed by atoms with Gasteiger partial charge in [-0.05, 0) is 30.9 Å². The number of aliphatic carboxylic acids is 1. The van der Waals surface area contributed by atoms with Gasteiger partial charge in [-0.3, -0.25) is 9.59 Å². The van der Waals surface area contributed by atoms with Crippen LogP contribution >= 0.6 is 11.8 Å². The number of amides is 1. The second-order valence-corrected chi connectivity index (χ2v) is 5.87. The number of carboxylic acids is 1. The number of hydrogen-bond acceptors (Lipinski definition) is 5. The highest BCUT2D eigenvalue weighted by Gasteiger charge is 2.22. The summed E-state index contributed by atoms with van der Waals surface area (Å²) in [6, 6.07) is 5.24. The summed E-state index contributed by atoms with van der Waals surface area (Å²) in [6.45, 7) is 1.60. The van der Waals surface area contributed by atoms with Gasteiger partial charge >= 0.3 is 5.97 Å². The van der Waals surface area contributed by atoms with Gasteiger partial charge in [0.25, 0.3) is 0 Å². The van der Waals surface area contributed by atoms with Gasteiger partial charge in [0.15, 0.2) is 0 Å². The van der Waals surface area contributed by atoms with Gasteiger partial charge in [-0.2, -0.15) is 11.8 Å². The van der Waals surface area contributed by atoms with E-state index in [1.165, 1.54) is 30.9 Å². The van der Waals surface area contributed by atoms with Crippen LogP contribution in [0.25, 0.3) is 0 Å². The van der Waals surface area contributed by atoms with E-state index in [2.05, 4.69) is 0 Å². The summed E-state index contributed by atoms with van der Waals surface area (Å²) in [4.78, 5) is 24.6. The Morgan fingerprint density at radius 1 is 1.23 bits per heavy atom. The summed E-state index contributed by atoms with van der Waals surface area (Å²) >= 11 is 1.38. The molecule has 0 saturated carbocycles. The number of rotatable bonds is 8. The van der Waals surface area contributed by atoms with E-state index in [0.717, 1.165) is 5.56 Å². The smallest absolute Gasteiger partial charge is 0.323 e. The van der Waals surface area contributed by atoms with Crippen LogP contribution in [0.5, 0.6) is 11.5 Å². The predicted molar refractivity (Wildman–Crippen MR) is 85.6 cm³/mol. The number of carboxylic acid groups (broad SMARTS) is 1. The third kappa shape index (κ3) is 5.14. The van der Waals surface area contributed by atoms with Gasteiger partial charge in [0, 0.05) is 12.6 Å². The lowest BCUT2D eigenvalue weighted by atomic mass is 10.1. The van der Waals surface area contributed by atoms with Crippen molar-refractivity contribution in [2.24, 2.45) is 0 Å². The molecule has 0 bridgehead atoms. The molecule has 1 rings (SSSR count). The van der Waals surface area contributed by atoms with Crippen molar-refractivity contribution in [3.05, 3.63) is 23.8 Å². The van der Waals surface area contributed by atoms with Crippen molar-refractivity contribution in [1.29, 1.82) is 0 Å². The molecular weight excluding hydrogens is 306 g/mol. The minimum atomic E-state index is -1.04. The lowest BCUT2D eigenvalue weighted by Crippen LogP contribution is -2.39. The molecule has 1 aromatic rings. The fourth-order valence-electron chi connectivity index (χ4n) is 1.91. The van der Waals surface area contributed by atoms with Crippen molar-refractivity contribution in [2.75, 3.05) is 27.0 Å². The first kappa shape index (κ1) is 18.2. The van der Waals surface area contributed by atoms with Crippen LogP contribution in [-0.2, 0) is 16.1 Å². The maximum Gasteiger partial charge on any atom is 0.323 e. The molecule has 122 valence electrons. The van der Waals surface area contributed by atoms with Gasteiger partial charge in [0.1, 0.15) is 18.0 Å². The fraction of sp³-hybridized carbons (Fsp3) is 0.467. The van der Waals surface area contributed by atoms with Crippen molar-refractivity contribution in [3.63, 3.8) is 0 Å². The zero-order chi connectivity index (χ0) is 16.7. The van der Waals surface area contributed by atoms with Crippen molar-refractivity contribution in [1.82, 2.24) is 4.90 Å². The molecule has 1 unspecified atom stereocenters. The van der Waals surface area contributed by atoms with Gasteiger partial charge in [0.2, 0.25) is 5.91 Å². The SMILES string of the molecule is COc1cc(CN(CC(=O)O)C(=O)C(C)SC)cc(OC)c1. The lowest BCUT2D eigenvalue weighted by Gasteiger charge is -2.24. The van der Waals surface area contributed by atoms with Crippen LogP contribution in [-0.4, -0.2) is 54.2 Å². The monoisotopic (exact) mass is 327 g/mol. The van der Waals surface area contributed by atoms with Gasteiger partial charge in [-0.15, -0.1) is 0 Å². The molecule has 1 aromatic carbocycles. The largest absolute Gasteiger partial charge is 0.497 e. The Morgan fingerprint density at radius 3 is 2.18 bits per heavy atom. The van der Waals surface area contributed by atoms with E-state index in [1.807, 2.05) is 6.26 Å². The predicted octanol–water partition coefficient (Wildman–Crippen LogP) is 1.87. The third-order valence-corrected chi connectivity index (χ3v) is 4.03. The van der Waals surface area contributed by atoms with Gasteiger partial charge in [-0.25, -0.2) is 0 Å². The number of methoxy groups -OCH3 is 2. The van der Waals surface area contributed by atoms with E-state index in [1.54, 1.807) is 25.1 Å². The lowest BCUT2D eigenvalue weighted by molar-refractivity contribution is -0.144. The summed E-state index contributed by atoms with van der Waals surface area (Å²) < 4.78 is 10.4. The van der Waals surface area contributed by atoms with Crippen LogP contribution in [0.3, 0.4) is 0 Å². The molecule has 1 amide bonds. The van der Waals surface area contributed by atoms with Crippen molar-refractivity contribution in [2.45, 2.75) is 18.7 Å². The van der Waals surface area contributed by atoms with E-state index in [-0.39, 0.29) is 24.2 Å². The first-order chi connectivity index (χ1) is 10.4. The standard InChI is InChI=1S/C15H21NO5S/c1-10(22-4)15(19)16(9-14(17)18)8-11-5-12(20-2)7-13(6-11)21-3/h5-7,10H,8-9H2,1-4H3,(H,17,18). The Balaban J connectivity index is 3.02. The van der Waals surface area contributed by atoms with E-state index in [0.29, 0.717) is 11.5 Å². The second-order valence-electron chi connectivity index (χ2n) is 4.69. The van der Waals surface area contributed by atoms with E-state index >= 15 is 0 Å². The van der Waals surface area contributed by atoms with Crippen LogP contribution in [0.2, 0.25) is 0 Å². The molecular formula is C15H21NO5S. The Kier molecular flexibility index (Phi) is 7.04. The number of benzene rings is 1. The highest BCUT2D eigenvalue weighted by Crippen LogP contribution is 2.24. The van der Waals surface area contributed by atoms with Crippen molar-refractivity contribution < 1.29 is 24.2 Å². The molecule has 0 aliphatic carbocycles. The number of carbonyl (C=O) groups excluding carboxylic acids is 1. The summed E-state index contributed by atoms with van der Waals surface area (Å²) in [5, 5.41) is 8.72. The summed E-state index contributed by atoms with van der Waals surface area (Å²) in [5.41, 5.74) is 0.749. The minimum Gasteiger partial charge on any atom is -0.497 e. The fourth-order valence-corrected chi connectivity index (χ4v) is 2.26. The molecule has 0 fully saturated rings. The Labute approximate surface area is 134 Å².